The largest absolute Gasteiger partial charge is 0.350 e. The van der Waals surface area contributed by atoms with Crippen LogP contribution in [0.3, 0.4) is 0 Å². The standard InChI is InChI=1S/C10H13N3/c1-7(2)8-3-9-4-11-6-13-10(9)12-5-8/h3-5,7H,6H2,1-2H3,(H,12,13). The van der Waals surface area contributed by atoms with Crippen LogP contribution in [-0.4, -0.2) is 17.9 Å². The third kappa shape index (κ3) is 1.54. The summed E-state index contributed by atoms with van der Waals surface area (Å²) < 4.78 is 0. The molecule has 2 heterocycles. The smallest absolute Gasteiger partial charge is 0.136 e. The van der Waals surface area contributed by atoms with Gasteiger partial charge in [-0.25, -0.2) is 4.98 Å². The number of aliphatic imine (C=N–C) groups is 1. The average Bonchev–Trinajstić information content (AvgIpc) is 2.17. The Morgan fingerprint density at radius 1 is 1.46 bits per heavy atom. The maximum atomic E-state index is 4.34. The Kier molecular flexibility index (Phi) is 2.00. The third-order valence-electron chi connectivity index (χ3n) is 2.17. The topological polar surface area (TPSA) is 37.3 Å². The van der Waals surface area contributed by atoms with Gasteiger partial charge >= 0.3 is 0 Å². The van der Waals surface area contributed by atoms with Crippen LogP contribution < -0.4 is 5.32 Å². The maximum absolute atomic E-state index is 4.34. The minimum Gasteiger partial charge on any atom is -0.350 e. The number of hydrogen-bond donors (Lipinski definition) is 1. The van der Waals surface area contributed by atoms with E-state index in [1.807, 2.05) is 12.4 Å². The number of anilines is 1. The van der Waals surface area contributed by atoms with E-state index in [0.717, 1.165) is 11.4 Å². The molecule has 1 aliphatic rings. The Bertz CT molecular complexity index is 342. The molecule has 0 amide bonds. The lowest BCUT2D eigenvalue weighted by Gasteiger charge is -2.13. The maximum Gasteiger partial charge on any atom is 0.136 e. The predicted molar refractivity (Wildman–Crippen MR) is 54.4 cm³/mol. The van der Waals surface area contributed by atoms with Crippen molar-refractivity contribution in [2.45, 2.75) is 19.8 Å². The summed E-state index contributed by atoms with van der Waals surface area (Å²) in [7, 11) is 0. The number of nitrogens with one attached hydrogen (secondary N) is 1. The summed E-state index contributed by atoms with van der Waals surface area (Å²) in [4.78, 5) is 8.48. The zero-order chi connectivity index (χ0) is 9.26. The van der Waals surface area contributed by atoms with Gasteiger partial charge in [0, 0.05) is 18.0 Å². The molecule has 3 nitrogen and oxygen atoms in total. The van der Waals surface area contributed by atoms with Crippen LogP contribution in [0.15, 0.2) is 17.3 Å². The molecule has 0 aromatic carbocycles. The van der Waals surface area contributed by atoms with Gasteiger partial charge in [-0.15, -0.1) is 0 Å². The van der Waals surface area contributed by atoms with Crippen LogP contribution in [-0.2, 0) is 0 Å². The summed E-state index contributed by atoms with van der Waals surface area (Å²) in [6, 6.07) is 2.14. The summed E-state index contributed by atoms with van der Waals surface area (Å²) in [5.74, 6) is 1.47. The normalized spacial score (nSPS) is 14.1. The summed E-state index contributed by atoms with van der Waals surface area (Å²) in [6.45, 7) is 4.97. The van der Waals surface area contributed by atoms with Crippen LogP contribution in [0.2, 0.25) is 0 Å². The monoisotopic (exact) mass is 175 g/mol. The molecule has 0 atom stereocenters. The zero-order valence-electron chi connectivity index (χ0n) is 7.91. The van der Waals surface area contributed by atoms with Gasteiger partial charge in [0.15, 0.2) is 0 Å². The van der Waals surface area contributed by atoms with E-state index in [0.29, 0.717) is 12.6 Å². The van der Waals surface area contributed by atoms with Crippen molar-refractivity contribution in [2.24, 2.45) is 4.99 Å². The van der Waals surface area contributed by atoms with Crippen LogP contribution in [0, 0.1) is 0 Å². The molecule has 13 heavy (non-hydrogen) atoms. The lowest BCUT2D eigenvalue weighted by molar-refractivity contribution is 0.857. The first-order valence-corrected chi connectivity index (χ1v) is 4.51. The van der Waals surface area contributed by atoms with Crippen LogP contribution >= 0.6 is 0 Å². The highest BCUT2D eigenvalue weighted by atomic mass is 15.1. The van der Waals surface area contributed by atoms with E-state index in [9.17, 15) is 0 Å². The fraction of sp³-hybridized carbons (Fsp3) is 0.400. The molecular weight excluding hydrogens is 162 g/mol. The van der Waals surface area contributed by atoms with Gasteiger partial charge in [-0.05, 0) is 17.5 Å². The molecule has 68 valence electrons. The average molecular weight is 175 g/mol. The first kappa shape index (κ1) is 8.23. The summed E-state index contributed by atoms with van der Waals surface area (Å²) in [6.07, 6.45) is 3.81. The SMILES string of the molecule is CC(C)c1cnc2c(c1)C=NCN2. The quantitative estimate of drug-likeness (QED) is 0.708. The molecule has 0 bridgehead atoms. The van der Waals surface area contributed by atoms with Gasteiger partial charge in [0.25, 0.3) is 0 Å². The van der Waals surface area contributed by atoms with Crippen molar-refractivity contribution in [3.05, 3.63) is 23.4 Å². The molecule has 2 rings (SSSR count). The van der Waals surface area contributed by atoms with Crippen LogP contribution in [0.1, 0.15) is 30.9 Å². The molecule has 1 N–H and O–H groups in total. The number of nitrogens with zero attached hydrogens (tertiary/aromatic N) is 2. The van der Waals surface area contributed by atoms with Crippen molar-refractivity contribution in [2.75, 3.05) is 12.0 Å². The van der Waals surface area contributed by atoms with Gasteiger partial charge in [-0.1, -0.05) is 13.8 Å². The van der Waals surface area contributed by atoms with E-state index < -0.39 is 0 Å². The van der Waals surface area contributed by atoms with E-state index >= 15 is 0 Å². The van der Waals surface area contributed by atoms with Gasteiger partial charge in [0.2, 0.25) is 0 Å². The van der Waals surface area contributed by atoms with Crippen molar-refractivity contribution in [3.8, 4) is 0 Å². The van der Waals surface area contributed by atoms with Gasteiger partial charge in [-0.3, -0.25) is 4.99 Å². The molecule has 0 aliphatic carbocycles. The minimum atomic E-state index is 0.521. The molecule has 3 heteroatoms. The molecular formula is C10H13N3. The highest BCUT2D eigenvalue weighted by Crippen LogP contribution is 2.19. The van der Waals surface area contributed by atoms with Crippen molar-refractivity contribution >= 4 is 12.0 Å². The third-order valence-corrected chi connectivity index (χ3v) is 2.17. The second-order valence-corrected chi connectivity index (χ2v) is 3.51. The van der Waals surface area contributed by atoms with Gasteiger partial charge in [-0.2, -0.15) is 0 Å². The van der Waals surface area contributed by atoms with Crippen molar-refractivity contribution < 1.29 is 0 Å². The number of rotatable bonds is 1. The summed E-state index contributed by atoms with van der Waals surface area (Å²) in [5.41, 5.74) is 2.35. The molecule has 1 aromatic heterocycles. The second-order valence-electron chi connectivity index (χ2n) is 3.51. The van der Waals surface area contributed by atoms with Crippen molar-refractivity contribution in [1.29, 1.82) is 0 Å². The van der Waals surface area contributed by atoms with E-state index in [2.05, 4.69) is 35.2 Å². The summed E-state index contributed by atoms with van der Waals surface area (Å²) >= 11 is 0. The van der Waals surface area contributed by atoms with Crippen molar-refractivity contribution in [3.63, 3.8) is 0 Å². The Hall–Kier alpha value is -1.38. The van der Waals surface area contributed by atoms with E-state index in [-0.39, 0.29) is 0 Å². The van der Waals surface area contributed by atoms with Crippen LogP contribution in [0.4, 0.5) is 5.82 Å². The zero-order valence-corrected chi connectivity index (χ0v) is 7.91. The van der Waals surface area contributed by atoms with Gasteiger partial charge in [0.1, 0.15) is 12.5 Å². The number of aromatic nitrogens is 1. The van der Waals surface area contributed by atoms with E-state index in [1.54, 1.807) is 0 Å². The minimum absolute atomic E-state index is 0.521. The molecule has 1 aromatic rings. The predicted octanol–water partition coefficient (Wildman–Crippen LogP) is 2.01. The van der Waals surface area contributed by atoms with E-state index in [4.69, 9.17) is 0 Å². The van der Waals surface area contributed by atoms with Crippen LogP contribution in [0.25, 0.3) is 0 Å². The molecule has 0 unspecified atom stereocenters. The lowest BCUT2D eigenvalue weighted by Crippen LogP contribution is -2.10. The van der Waals surface area contributed by atoms with Gasteiger partial charge in [0.05, 0.1) is 0 Å². The van der Waals surface area contributed by atoms with Crippen molar-refractivity contribution in [1.82, 2.24) is 4.98 Å². The van der Waals surface area contributed by atoms with Gasteiger partial charge < -0.3 is 5.32 Å². The second kappa shape index (κ2) is 3.17. The molecule has 1 aliphatic heterocycles. The fourth-order valence-corrected chi connectivity index (χ4v) is 1.33. The number of pyridine rings is 1. The first-order chi connectivity index (χ1) is 6.27. The molecule has 0 radical (unpaired) electrons. The van der Waals surface area contributed by atoms with E-state index in [1.165, 1.54) is 5.56 Å². The first-order valence-electron chi connectivity index (χ1n) is 4.51. The molecule has 0 saturated carbocycles. The Morgan fingerprint density at radius 3 is 3.08 bits per heavy atom. The summed E-state index contributed by atoms with van der Waals surface area (Å²) in [5, 5.41) is 3.12. The highest BCUT2D eigenvalue weighted by molar-refractivity contribution is 5.88. The molecule has 0 saturated heterocycles. The number of hydrogen-bond acceptors (Lipinski definition) is 3. The van der Waals surface area contributed by atoms with Crippen LogP contribution in [0.5, 0.6) is 0 Å². The number of fused-ring (bicyclic) bond motifs is 1. The highest BCUT2D eigenvalue weighted by Gasteiger charge is 2.07. The fourth-order valence-electron chi connectivity index (χ4n) is 1.33. The Morgan fingerprint density at radius 2 is 2.31 bits per heavy atom. The lowest BCUT2D eigenvalue weighted by atomic mass is 10.0. The molecule has 0 spiro atoms. The Balaban J connectivity index is 2.43. The Labute approximate surface area is 77.9 Å². The molecule has 0 fully saturated rings.